The van der Waals surface area contributed by atoms with Gasteiger partial charge < -0.3 is 4.74 Å². The number of alkyl halides is 2. The quantitative estimate of drug-likeness (QED) is 0.840. The number of fused-ring (bicyclic) bond motifs is 1. The second kappa shape index (κ2) is 5.18. The highest BCUT2D eigenvalue weighted by atomic mass is 35.5. The second-order valence-electron chi connectivity index (χ2n) is 5.58. The summed E-state index contributed by atoms with van der Waals surface area (Å²) in [6.45, 7) is 1.38. The average molecular weight is 326 g/mol. The molecule has 2 aliphatic heterocycles. The SMILES string of the molecule is CO[C@@H]1C(c2ccc(C#N)c(Cl)c2C)=NN2CC(F)(F)C[C@@H]12. The molecule has 0 unspecified atom stereocenters. The van der Waals surface area contributed by atoms with Crippen LogP contribution in [0.15, 0.2) is 17.2 Å². The first-order chi connectivity index (χ1) is 10.4. The molecule has 0 bridgehead atoms. The van der Waals surface area contributed by atoms with E-state index in [0.717, 1.165) is 5.56 Å². The van der Waals surface area contributed by atoms with Crippen molar-refractivity contribution in [2.45, 2.75) is 31.4 Å². The third-order valence-electron chi connectivity index (χ3n) is 4.18. The number of hydrazone groups is 1. The molecule has 0 amide bonds. The highest BCUT2D eigenvalue weighted by molar-refractivity contribution is 6.33. The number of rotatable bonds is 2. The summed E-state index contributed by atoms with van der Waals surface area (Å²) in [6, 6.07) is 4.90. The van der Waals surface area contributed by atoms with E-state index >= 15 is 0 Å². The summed E-state index contributed by atoms with van der Waals surface area (Å²) < 4.78 is 32.5. The van der Waals surface area contributed by atoms with E-state index in [4.69, 9.17) is 21.6 Å². The molecule has 2 heterocycles. The predicted octanol–water partition coefficient (Wildman–Crippen LogP) is 2.96. The summed E-state index contributed by atoms with van der Waals surface area (Å²) in [4.78, 5) is 0. The van der Waals surface area contributed by atoms with E-state index in [9.17, 15) is 8.78 Å². The number of ether oxygens (including phenoxy) is 1. The number of nitriles is 1. The zero-order chi connectivity index (χ0) is 16.1. The Morgan fingerprint density at radius 2 is 2.23 bits per heavy atom. The molecule has 0 spiro atoms. The number of hydrogen-bond acceptors (Lipinski definition) is 4. The van der Waals surface area contributed by atoms with E-state index in [1.807, 2.05) is 6.07 Å². The van der Waals surface area contributed by atoms with Crippen molar-refractivity contribution in [1.29, 1.82) is 5.26 Å². The van der Waals surface area contributed by atoms with Gasteiger partial charge in [0.25, 0.3) is 5.92 Å². The van der Waals surface area contributed by atoms with E-state index in [1.165, 1.54) is 12.1 Å². The Kier molecular flexibility index (Phi) is 3.58. The second-order valence-corrected chi connectivity index (χ2v) is 5.96. The standard InChI is InChI=1S/C15H14ClF2N3O/c1-8-10(4-3-9(6-19)12(8)16)13-14(22-2)11-5-15(17,18)7-21(11)20-13/h3-4,11,14H,5,7H2,1-2H3/t11-,14-/m0/s1. The zero-order valence-corrected chi connectivity index (χ0v) is 12.9. The van der Waals surface area contributed by atoms with Gasteiger partial charge in [0, 0.05) is 19.1 Å². The minimum absolute atomic E-state index is 0.276. The largest absolute Gasteiger partial charge is 0.373 e. The van der Waals surface area contributed by atoms with Crippen molar-refractivity contribution in [1.82, 2.24) is 5.01 Å². The van der Waals surface area contributed by atoms with Gasteiger partial charge in [-0.3, -0.25) is 5.01 Å². The molecule has 0 aliphatic carbocycles. The fraction of sp³-hybridized carbons (Fsp3) is 0.467. The molecule has 0 aromatic heterocycles. The summed E-state index contributed by atoms with van der Waals surface area (Å²) in [6.07, 6.45) is -0.808. The van der Waals surface area contributed by atoms with Crippen LogP contribution in [0, 0.1) is 18.3 Å². The fourth-order valence-electron chi connectivity index (χ4n) is 3.11. The van der Waals surface area contributed by atoms with Crippen molar-refractivity contribution < 1.29 is 13.5 Å². The topological polar surface area (TPSA) is 48.6 Å². The summed E-state index contributed by atoms with van der Waals surface area (Å²) in [5.41, 5.74) is 2.40. The van der Waals surface area contributed by atoms with Gasteiger partial charge in [0.2, 0.25) is 0 Å². The van der Waals surface area contributed by atoms with E-state index in [2.05, 4.69) is 5.10 Å². The Balaban J connectivity index is 2.03. The van der Waals surface area contributed by atoms with Crippen LogP contribution in [0.2, 0.25) is 5.02 Å². The third kappa shape index (κ3) is 2.25. The van der Waals surface area contributed by atoms with E-state index in [0.29, 0.717) is 21.9 Å². The minimum Gasteiger partial charge on any atom is -0.373 e. The van der Waals surface area contributed by atoms with Crippen LogP contribution in [0.3, 0.4) is 0 Å². The molecule has 7 heteroatoms. The van der Waals surface area contributed by atoms with Crippen LogP contribution in [0.1, 0.15) is 23.1 Å². The summed E-state index contributed by atoms with van der Waals surface area (Å²) >= 11 is 6.18. The molecule has 116 valence electrons. The molecule has 1 aromatic carbocycles. The maximum Gasteiger partial charge on any atom is 0.269 e. The van der Waals surface area contributed by atoms with Crippen molar-refractivity contribution in [3.63, 3.8) is 0 Å². The van der Waals surface area contributed by atoms with E-state index in [1.54, 1.807) is 19.1 Å². The molecule has 1 aromatic rings. The number of nitrogens with zero attached hydrogens (tertiary/aromatic N) is 3. The lowest BCUT2D eigenvalue weighted by molar-refractivity contribution is 0.0103. The van der Waals surface area contributed by atoms with Crippen LogP contribution in [-0.4, -0.2) is 42.4 Å². The lowest BCUT2D eigenvalue weighted by Crippen LogP contribution is -2.35. The Hall–Kier alpha value is -1.71. The van der Waals surface area contributed by atoms with Crippen LogP contribution in [0.4, 0.5) is 8.78 Å². The molecule has 0 radical (unpaired) electrons. The highest BCUT2D eigenvalue weighted by Gasteiger charge is 2.52. The molecule has 0 saturated carbocycles. The molecule has 4 nitrogen and oxygen atoms in total. The maximum absolute atomic E-state index is 13.5. The van der Waals surface area contributed by atoms with Crippen molar-refractivity contribution >= 4 is 17.3 Å². The van der Waals surface area contributed by atoms with Gasteiger partial charge in [-0.05, 0) is 18.6 Å². The fourth-order valence-corrected chi connectivity index (χ4v) is 3.31. The van der Waals surface area contributed by atoms with Gasteiger partial charge in [-0.25, -0.2) is 8.78 Å². The Bertz CT molecular complexity index is 699. The van der Waals surface area contributed by atoms with Gasteiger partial charge in [-0.2, -0.15) is 10.4 Å². The first kappa shape index (κ1) is 15.2. The van der Waals surface area contributed by atoms with Crippen LogP contribution in [-0.2, 0) is 4.74 Å². The van der Waals surface area contributed by atoms with E-state index < -0.39 is 24.6 Å². The number of hydrogen-bond donors (Lipinski definition) is 0. The van der Waals surface area contributed by atoms with Crippen LogP contribution < -0.4 is 0 Å². The van der Waals surface area contributed by atoms with Crippen molar-refractivity contribution in [3.05, 3.63) is 33.8 Å². The predicted molar refractivity (Wildman–Crippen MR) is 78.3 cm³/mol. The summed E-state index contributed by atoms with van der Waals surface area (Å²) in [5.74, 6) is -2.74. The van der Waals surface area contributed by atoms with E-state index in [-0.39, 0.29) is 6.42 Å². The lowest BCUT2D eigenvalue weighted by atomic mass is 9.94. The average Bonchev–Trinajstić information content (AvgIpc) is 2.93. The highest BCUT2D eigenvalue weighted by Crippen LogP contribution is 2.39. The van der Waals surface area contributed by atoms with Gasteiger partial charge in [-0.1, -0.05) is 17.7 Å². The molecule has 0 N–H and O–H groups in total. The third-order valence-corrected chi connectivity index (χ3v) is 4.66. The smallest absolute Gasteiger partial charge is 0.269 e. The Morgan fingerprint density at radius 1 is 1.50 bits per heavy atom. The summed E-state index contributed by atoms with van der Waals surface area (Å²) in [7, 11) is 1.49. The normalized spacial score (nSPS) is 25.8. The molecule has 22 heavy (non-hydrogen) atoms. The Labute approximate surface area is 131 Å². The molecular formula is C15H14ClF2N3O. The molecular weight excluding hydrogens is 312 g/mol. The van der Waals surface area contributed by atoms with Gasteiger partial charge in [0.1, 0.15) is 18.7 Å². The molecule has 1 fully saturated rings. The van der Waals surface area contributed by atoms with Crippen molar-refractivity contribution in [3.8, 4) is 6.07 Å². The first-order valence-electron chi connectivity index (χ1n) is 6.83. The van der Waals surface area contributed by atoms with Crippen molar-refractivity contribution in [2.24, 2.45) is 5.10 Å². The van der Waals surface area contributed by atoms with Crippen LogP contribution >= 0.6 is 11.6 Å². The number of halogens is 3. The molecule has 1 saturated heterocycles. The molecule has 2 atom stereocenters. The van der Waals surface area contributed by atoms with Gasteiger partial charge in [0.05, 0.1) is 22.3 Å². The zero-order valence-electron chi connectivity index (χ0n) is 12.1. The molecule has 3 rings (SSSR count). The summed E-state index contributed by atoms with van der Waals surface area (Å²) in [5, 5.41) is 15.1. The maximum atomic E-state index is 13.5. The van der Waals surface area contributed by atoms with Crippen LogP contribution in [0.25, 0.3) is 0 Å². The number of benzene rings is 1. The van der Waals surface area contributed by atoms with Gasteiger partial charge in [0.15, 0.2) is 0 Å². The Morgan fingerprint density at radius 3 is 2.86 bits per heavy atom. The number of methoxy groups -OCH3 is 1. The molecule has 2 aliphatic rings. The van der Waals surface area contributed by atoms with Crippen molar-refractivity contribution in [2.75, 3.05) is 13.7 Å². The lowest BCUT2D eigenvalue weighted by Gasteiger charge is -2.19. The van der Waals surface area contributed by atoms with Gasteiger partial charge >= 0.3 is 0 Å². The monoisotopic (exact) mass is 325 g/mol. The van der Waals surface area contributed by atoms with Crippen LogP contribution in [0.5, 0.6) is 0 Å². The first-order valence-corrected chi connectivity index (χ1v) is 7.21. The minimum atomic E-state index is -2.74. The van der Waals surface area contributed by atoms with Gasteiger partial charge in [-0.15, -0.1) is 0 Å².